The van der Waals surface area contributed by atoms with Crippen molar-refractivity contribution >= 4 is 33.4 Å². The van der Waals surface area contributed by atoms with Crippen molar-refractivity contribution in [2.45, 2.75) is 20.3 Å². The second kappa shape index (κ2) is 4.01. The quantitative estimate of drug-likeness (QED) is 0.743. The molecule has 0 saturated carbocycles. The van der Waals surface area contributed by atoms with Gasteiger partial charge in [0.2, 0.25) is 11.8 Å². The van der Waals surface area contributed by atoms with Gasteiger partial charge in [0.05, 0.1) is 5.69 Å². The molecule has 1 heterocycles. The van der Waals surface area contributed by atoms with Crippen LogP contribution in [0.15, 0.2) is 22.7 Å². The van der Waals surface area contributed by atoms with Crippen LogP contribution in [-0.2, 0) is 9.59 Å². The third-order valence-electron chi connectivity index (χ3n) is 2.71. The van der Waals surface area contributed by atoms with Crippen LogP contribution in [-0.4, -0.2) is 11.8 Å². The highest BCUT2D eigenvalue weighted by Gasteiger charge is 2.37. The molecular formula is C12H12BrNO2. The molecule has 2 rings (SSSR count). The number of imide groups is 1. The van der Waals surface area contributed by atoms with Gasteiger partial charge in [-0.15, -0.1) is 0 Å². The SMILES string of the molecule is Cc1ccc(Br)c(N2C(=O)CC(C)C2=O)c1. The van der Waals surface area contributed by atoms with Crippen LogP contribution < -0.4 is 4.90 Å². The van der Waals surface area contributed by atoms with Gasteiger partial charge in [-0.2, -0.15) is 0 Å². The van der Waals surface area contributed by atoms with Crippen LogP contribution in [0.1, 0.15) is 18.9 Å². The van der Waals surface area contributed by atoms with E-state index in [0.29, 0.717) is 12.1 Å². The number of carbonyl (C=O) groups excluding carboxylic acids is 2. The molecule has 2 amide bonds. The van der Waals surface area contributed by atoms with E-state index in [9.17, 15) is 9.59 Å². The van der Waals surface area contributed by atoms with Crippen LogP contribution in [0.5, 0.6) is 0 Å². The number of halogens is 1. The standard InChI is InChI=1S/C12H12BrNO2/c1-7-3-4-9(13)10(5-7)14-11(15)6-8(2)12(14)16/h3-5,8H,6H2,1-2H3. The monoisotopic (exact) mass is 281 g/mol. The van der Waals surface area contributed by atoms with E-state index in [1.165, 1.54) is 4.90 Å². The van der Waals surface area contributed by atoms with Gasteiger partial charge in [0.15, 0.2) is 0 Å². The zero-order valence-corrected chi connectivity index (χ0v) is 10.7. The summed E-state index contributed by atoms with van der Waals surface area (Å²) in [7, 11) is 0. The number of amides is 2. The first-order valence-electron chi connectivity index (χ1n) is 5.13. The van der Waals surface area contributed by atoms with Gasteiger partial charge in [-0.05, 0) is 40.5 Å². The number of hydrogen-bond donors (Lipinski definition) is 0. The number of carbonyl (C=O) groups is 2. The minimum atomic E-state index is -0.208. The molecule has 0 radical (unpaired) electrons. The van der Waals surface area contributed by atoms with Crippen molar-refractivity contribution in [1.29, 1.82) is 0 Å². The number of hydrogen-bond acceptors (Lipinski definition) is 2. The average Bonchev–Trinajstić information content (AvgIpc) is 2.46. The summed E-state index contributed by atoms with van der Waals surface area (Å²) >= 11 is 3.37. The van der Waals surface area contributed by atoms with Crippen LogP contribution in [0.4, 0.5) is 5.69 Å². The number of benzene rings is 1. The summed E-state index contributed by atoms with van der Waals surface area (Å²) in [4.78, 5) is 24.9. The first kappa shape index (κ1) is 11.3. The highest BCUT2D eigenvalue weighted by Crippen LogP contribution is 2.32. The van der Waals surface area contributed by atoms with Crippen molar-refractivity contribution < 1.29 is 9.59 Å². The van der Waals surface area contributed by atoms with E-state index in [-0.39, 0.29) is 17.7 Å². The first-order valence-corrected chi connectivity index (χ1v) is 5.93. The Labute approximate surface area is 103 Å². The number of anilines is 1. The zero-order chi connectivity index (χ0) is 11.9. The normalized spacial score (nSPS) is 20.7. The fraction of sp³-hybridized carbons (Fsp3) is 0.333. The van der Waals surface area contributed by atoms with Crippen molar-refractivity contribution in [2.75, 3.05) is 4.90 Å². The molecule has 16 heavy (non-hydrogen) atoms. The predicted octanol–water partition coefficient (Wildman–Crippen LogP) is 2.66. The molecular weight excluding hydrogens is 270 g/mol. The summed E-state index contributed by atoms with van der Waals surface area (Å²) < 4.78 is 0.772. The Kier molecular flexibility index (Phi) is 2.84. The Balaban J connectivity index is 2.48. The van der Waals surface area contributed by atoms with Crippen molar-refractivity contribution in [3.05, 3.63) is 28.2 Å². The molecule has 84 valence electrons. The van der Waals surface area contributed by atoms with Gasteiger partial charge < -0.3 is 0 Å². The van der Waals surface area contributed by atoms with E-state index < -0.39 is 0 Å². The maximum atomic E-state index is 11.9. The van der Waals surface area contributed by atoms with Gasteiger partial charge in [-0.25, -0.2) is 4.90 Å². The Bertz CT molecular complexity index is 470. The number of nitrogens with zero attached hydrogens (tertiary/aromatic N) is 1. The molecule has 1 unspecified atom stereocenters. The van der Waals surface area contributed by atoms with Crippen LogP contribution >= 0.6 is 15.9 Å². The molecule has 1 aliphatic rings. The van der Waals surface area contributed by atoms with E-state index >= 15 is 0 Å². The lowest BCUT2D eigenvalue weighted by Gasteiger charge is -2.16. The molecule has 1 aromatic carbocycles. The van der Waals surface area contributed by atoms with E-state index in [1.807, 2.05) is 25.1 Å². The van der Waals surface area contributed by atoms with Crippen molar-refractivity contribution in [3.8, 4) is 0 Å². The number of aryl methyl sites for hydroxylation is 1. The topological polar surface area (TPSA) is 37.4 Å². The fourth-order valence-electron chi connectivity index (χ4n) is 1.83. The van der Waals surface area contributed by atoms with Gasteiger partial charge >= 0.3 is 0 Å². The van der Waals surface area contributed by atoms with Crippen molar-refractivity contribution in [3.63, 3.8) is 0 Å². The maximum Gasteiger partial charge on any atom is 0.237 e. The smallest absolute Gasteiger partial charge is 0.237 e. The average molecular weight is 282 g/mol. The van der Waals surface area contributed by atoms with Crippen LogP contribution in [0.3, 0.4) is 0 Å². The van der Waals surface area contributed by atoms with Crippen LogP contribution in [0, 0.1) is 12.8 Å². The van der Waals surface area contributed by atoms with Gasteiger partial charge in [0.25, 0.3) is 0 Å². The summed E-state index contributed by atoms with van der Waals surface area (Å²) in [5.41, 5.74) is 1.68. The molecule has 1 fully saturated rings. The van der Waals surface area contributed by atoms with Crippen LogP contribution in [0.25, 0.3) is 0 Å². The second-order valence-electron chi connectivity index (χ2n) is 4.13. The van der Waals surface area contributed by atoms with Gasteiger partial charge in [-0.1, -0.05) is 13.0 Å². The Hall–Kier alpha value is -1.16. The van der Waals surface area contributed by atoms with E-state index in [2.05, 4.69) is 15.9 Å². The predicted molar refractivity (Wildman–Crippen MR) is 65.2 cm³/mol. The van der Waals surface area contributed by atoms with Crippen LogP contribution in [0.2, 0.25) is 0 Å². The molecule has 0 N–H and O–H groups in total. The maximum absolute atomic E-state index is 11.9. The summed E-state index contributed by atoms with van der Waals surface area (Å²) in [6.07, 6.45) is 0.305. The Morgan fingerprint density at radius 3 is 2.62 bits per heavy atom. The molecule has 3 nitrogen and oxygen atoms in total. The van der Waals surface area contributed by atoms with E-state index in [4.69, 9.17) is 0 Å². The summed E-state index contributed by atoms with van der Waals surface area (Å²) in [5.74, 6) is -0.444. The molecule has 0 spiro atoms. The summed E-state index contributed by atoms with van der Waals surface area (Å²) in [6, 6.07) is 5.63. The zero-order valence-electron chi connectivity index (χ0n) is 9.16. The third-order valence-corrected chi connectivity index (χ3v) is 3.39. The summed E-state index contributed by atoms with van der Waals surface area (Å²) in [5, 5.41) is 0. The lowest BCUT2D eigenvalue weighted by Crippen LogP contribution is -2.30. The molecule has 0 bridgehead atoms. The van der Waals surface area contributed by atoms with Gasteiger partial charge in [0.1, 0.15) is 0 Å². The highest BCUT2D eigenvalue weighted by atomic mass is 79.9. The van der Waals surface area contributed by atoms with E-state index in [0.717, 1.165) is 10.0 Å². The molecule has 1 aromatic rings. The lowest BCUT2D eigenvalue weighted by atomic mass is 10.1. The molecule has 1 atom stereocenters. The molecule has 0 aromatic heterocycles. The largest absolute Gasteiger partial charge is 0.274 e. The molecule has 1 saturated heterocycles. The minimum Gasteiger partial charge on any atom is -0.274 e. The summed E-state index contributed by atoms with van der Waals surface area (Å²) in [6.45, 7) is 3.72. The highest BCUT2D eigenvalue weighted by molar-refractivity contribution is 9.10. The minimum absolute atomic E-state index is 0.115. The lowest BCUT2D eigenvalue weighted by molar-refractivity contribution is -0.122. The fourth-order valence-corrected chi connectivity index (χ4v) is 2.25. The molecule has 4 heteroatoms. The van der Waals surface area contributed by atoms with Crippen molar-refractivity contribution in [1.82, 2.24) is 0 Å². The third kappa shape index (κ3) is 1.78. The van der Waals surface area contributed by atoms with Crippen molar-refractivity contribution in [2.24, 2.45) is 5.92 Å². The molecule has 1 aliphatic heterocycles. The van der Waals surface area contributed by atoms with Gasteiger partial charge in [-0.3, -0.25) is 9.59 Å². The Morgan fingerprint density at radius 2 is 2.06 bits per heavy atom. The van der Waals surface area contributed by atoms with Gasteiger partial charge in [0, 0.05) is 16.8 Å². The second-order valence-corrected chi connectivity index (χ2v) is 4.98. The molecule has 0 aliphatic carbocycles. The Morgan fingerprint density at radius 1 is 1.38 bits per heavy atom. The van der Waals surface area contributed by atoms with E-state index in [1.54, 1.807) is 6.92 Å². The first-order chi connectivity index (χ1) is 7.50. The number of rotatable bonds is 1.